The molecular formula is C4H11FSi. The summed E-state index contributed by atoms with van der Waals surface area (Å²) in [6, 6.07) is 0. The predicted octanol–water partition coefficient (Wildman–Crippen LogP) is 1.83. The molecule has 0 radical (unpaired) electrons. The Labute approximate surface area is 39.4 Å². The summed E-state index contributed by atoms with van der Waals surface area (Å²) >= 11 is 0. The third kappa shape index (κ3) is 4.15. The molecule has 0 aromatic heterocycles. The summed E-state index contributed by atoms with van der Waals surface area (Å²) in [5.41, 5.74) is 0. The summed E-state index contributed by atoms with van der Waals surface area (Å²) < 4.78 is 11.6. The number of rotatable bonds is 1. The van der Waals surface area contributed by atoms with E-state index in [1.54, 1.807) is 0 Å². The summed E-state index contributed by atoms with van der Waals surface area (Å²) in [5, 5.41) is 0. The predicted molar refractivity (Wildman–Crippen MR) is 29.3 cm³/mol. The van der Waals surface area contributed by atoms with Crippen LogP contribution in [-0.4, -0.2) is 14.4 Å². The zero-order valence-corrected chi connectivity index (χ0v) is 5.59. The van der Waals surface area contributed by atoms with Crippen molar-refractivity contribution in [1.29, 1.82) is 0 Å². The second-order valence-corrected chi connectivity index (χ2v) is 8.08. The quantitative estimate of drug-likeness (QED) is 0.446. The molecule has 0 N–H and O–H groups in total. The van der Waals surface area contributed by atoms with Gasteiger partial charge in [-0.05, 0) is 0 Å². The Morgan fingerprint density at radius 2 is 1.50 bits per heavy atom. The highest BCUT2D eigenvalue weighted by atomic mass is 28.3. The average Bonchev–Trinajstić information content (AvgIpc) is 1.35. The smallest absolute Gasteiger partial charge is 0.0813 e. The molecule has 0 amide bonds. The maximum Gasteiger partial charge on any atom is 0.0813 e. The van der Waals surface area contributed by atoms with Crippen molar-refractivity contribution in [2.24, 2.45) is 0 Å². The molecule has 0 fully saturated rings. The van der Waals surface area contributed by atoms with Gasteiger partial charge < -0.3 is 0 Å². The van der Waals surface area contributed by atoms with E-state index in [-0.39, 0.29) is 6.30 Å². The highest BCUT2D eigenvalue weighted by Crippen LogP contribution is 1.98. The van der Waals surface area contributed by atoms with Crippen molar-refractivity contribution >= 4 is 8.07 Å². The molecule has 38 valence electrons. The lowest BCUT2D eigenvalue weighted by Crippen LogP contribution is -2.22. The van der Waals surface area contributed by atoms with Crippen molar-refractivity contribution in [2.75, 3.05) is 6.30 Å². The fraction of sp³-hybridized carbons (Fsp3) is 1.00. The van der Waals surface area contributed by atoms with Crippen molar-refractivity contribution in [3.05, 3.63) is 0 Å². The molecule has 0 aliphatic rings. The Bertz CT molecular complexity index is 37.3. The zero-order valence-electron chi connectivity index (χ0n) is 4.59. The first-order valence-corrected chi connectivity index (χ1v) is 5.83. The Morgan fingerprint density at radius 1 is 1.33 bits per heavy atom. The summed E-state index contributed by atoms with van der Waals surface area (Å²) in [6.07, 6.45) is -0.0903. The lowest BCUT2D eigenvalue weighted by atomic mass is 11.7. The minimum Gasteiger partial charge on any atom is -0.255 e. The van der Waals surface area contributed by atoms with Crippen LogP contribution in [-0.2, 0) is 0 Å². The van der Waals surface area contributed by atoms with Crippen LogP contribution in [0.3, 0.4) is 0 Å². The molecule has 0 nitrogen and oxygen atoms in total. The van der Waals surface area contributed by atoms with Gasteiger partial charge in [-0.3, -0.25) is 4.39 Å². The van der Waals surface area contributed by atoms with Gasteiger partial charge in [0.25, 0.3) is 0 Å². The normalized spacial score (nSPS) is 12.0. The Balaban J connectivity index is 3.17. The first kappa shape index (κ1) is 6.15. The van der Waals surface area contributed by atoms with Crippen LogP contribution in [0.15, 0.2) is 0 Å². The molecule has 0 unspecified atom stereocenters. The highest BCUT2D eigenvalue weighted by molar-refractivity contribution is 6.75. The van der Waals surface area contributed by atoms with Gasteiger partial charge in [-0.1, -0.05) is 19.6 Å². The van der Waals surface area contributed by atoms with Gasteiger partial charge in [-0.2, -0.15) is 0 Å². The van der Waals surface area contributed by atoms with Crippen molar-refractivity contribution in [1.82, 2.24) is 0 Å². The van der Waals surface area contributed by atoms with Crippen LogP contribution in [0.1, 0.15) is 0 Å². The molecule has 0 aromatic carbocycles. The second-order valence-electron chi connectivity index (χ2n) is 2.69. The van der Waals surface area contributed by atoms with Crippen LogP contribution in [0.4, 0.5) is 4.39 Å². The molecule has 0 bridgehead atoms. The minimum atomic E-state index is -1.30. The van der Waals surface area contributed by atoms with E-state index in [1.807, 2.05) is 19.6 Å². The van der Waals surface area contributed by atoms with Gasteiger partial charge in [0.15, 0.2) is 0 Å². The molecule has 2 heteroatoms. The largest absolute Gasteiger partial charge is 0.255 e. The average molecular weight is 105 g/mol. The van der Waals surface area contributed by atoms with E-state index in [1.165, 1.54) is 0 Å². The van der Waals surface area contributed by atoms with Gasteiger partial charge in [0.05, 0.1) is 14.4 Å². The molecule has 0 heterocycles. The summed E-state index contributed by atoms with van der Waals surface area (Å²) in [6.45, 7) is 6.02. The molecule has 0 aliphatic carbocycles. The van der Waals surface area contributed by atoms with Gasteiger partial charge in [-0.25, -0.2) is 0 Å². The van der Waals surface area contributed by atoms with Gasteiger partial charge in [0.1, 0.15) is 0 Å². The van der Waals surface area contributed by atoms with Crippen LogP contribution >= 0.6 is 0 Å². The van der Waals surface area contributed by atoms with E-state index < -0.39 is 8.07 Å². The van der Waals surface area contributed by atoms with Gasteiger partial charge >= 0.3 is 0 Å². The topological polar surface area (TPSA) is 0 Å². The molecular weight excluding hydrogens is 94.1 g/mol. The van der Waals surface area contributed by atoms with Crippen molar-refractivity contribution in [3.63, 3.8) is 0 Å². The second kappa shape index (κ2) is 1.73. The van der Waals surface area contributed by atoms with E-state index in [0.29, 0.717) is 0 Å². The number of hydrogen-bond acceptors (Lipinski definition) is 0. The van der Waals surface area contributed by atoms with Crippen molar-refractivity contribution < 1.29 is 4.39 Å². The Hall–Kier alpha value is 0.147. The van der Waals surface area contributed by atoms with Gasteiger partial charge in [-0.15, -0.1) is 0 Å². The fourth-order valence-electron chi connectivity index (χ4n) is 0. The minimum absolute atomic E-state index is 0.0903. The molecule has 0 atom stereocenters. The van der Waals surface area contributed by atoms with E-state index in [2.05, 4.69) is 0 Å². The fourth-order valence-corrected chi connectivity index (χ4v) is 0. The Kier molecular flexibility index (Phi) is 1.78. The molecule has 0 saturated carbocycles. The highest BCUT2D eigenvalue weighted by Gasteiger charge is 2.10. The van der Waals surface area contributed by atoms with E-state index in [4.69, 9.17) is 0 Å². The molecule has 0 aliphatic heterocycles. The van der Waals surface area contributed by atoms with Crippen LogP contribution in [0.5, 0.6) is 0 Å². The Morgan fingerprint density at radius 3 is 1.50 bits per heavy atom. The summed E-state index contributed by atoms with van der Waals surface area (Å²) in [5.74, 6) is 0. The summed E-state index contributed by atoms with van der Waals surface area (Å²) in [7, 11) is -1.30. The monoisotopic (exact) mass is 105 g/mol. The summed E-state index contributed by atoms with van der Waals surface area (Å²) in [4.78, 5) is 0. The maximum absolute atomic E-state index is 11.6. The van der Waals surface area contributed by atoms with Gasteiger partial charge in [0, 0.05) is 0 Å². The van der Waals surface area contributed by atoms with Crippen molar-refractivity contribution in [2.45, 2.75) is 19.6 Å². The number of hydrogen-bond donors (Lipinski definition) is 0. The molecule has 0 spiro atoms. The first-order chi connectivity index (χ1) is 2.56. The van der Waals surface area contributed by atoms with E-state index in [9.17, 15) is 4.39 Å². The van der Waals surface area contributed by atoms with Gasteiger partial charge in [0.2, 0.25) is 0 Å². The van der Waals surface area contributed by atoms with Crippen LogP contribution in [0, 0.1) is 0 Å². The third-order valence-corrected chi connectivity index (χ3v) is 1.20. The van der Waals surface area contributed by atoms with Crippen LogP contribution in [0.25, 0.3) is 0 Å². The van der Waals surface area contributed by atoms with Crippen LogP contribution < -0.4 is 0 Å². The standard InChI is InChI=1S/C4H11FSi/c1-6(2,3)4-5/h4H2,1-3H3/i5-1. The number of alkyl halides is 1. The molecule has 0 saturated heterocycles. The molecule has 6 heavy (non-hydrogen) atoms. The maximum atomic E-state index is 11.6. The number of halogens is 1. The zero-order chi connectivity index (χ0) is 5.21. The third-order valence-electron chi connectivity index (χ3n) is 0.401. The van der Waals surface area contributed by atoms with E-state index >= 15 is 0 Å². The molecule has 0 aromatic rings. The van der Waals surface area contributed by atoms with Crippen LogP contribution in [0.2, 0.25) is 19.6 Å². The van der Waals surface area contributed by atoms with Crippen molar-refractivity contribution in [3.8, 4) is 0 Å². The van der Waals surface area contributed by atoms with E-state index in [0.717, 1.165) is 0 Å². The SMILES string of the molecule is C[Si](C)(C)C[18F]. The lowest BCUT2D eigenvalue weighted by Gasteiger charge is -2.06. The lowest BCUT2D eigenvalue weighted by molar-refractivity contribution is 0.583. The molecule has 0 rings (SSSR count). The first-order valence-electron chi connectivity index (χ1n) is 2.12.